The molecule has 0 spiro atoms. The molecule has 2 rings (SSSR count). The van der Waals surface area contributed by atoms with Gasteiger partial charge in [-0.15, -0.1) is 0 Å². The summed E-state index contributed by atoms with van der Waals surface area (Å²) < 4.78 is 0. The summed E-state index contributed by atoms with van der Waals surface area (Å²) in [5.41, 5.74) is 7.16. The van der Waals surface area contributed by atoms with Gasteiger partial charge < -0.3 is 11.1 Å². The molecule has 1 aromatic rings. The molecular weight excluding hydrogens is 256 g/mol. The monoisotopic (exact) mass is 276 g/mol. The molecule has 3 N–H and O–H groups in total. The summed E-state index contributed by atoms with van der Waals surface area (Å²) in [7, 11) is 0. The van der Waals surface area contributed by atoms with Gasteiger partial charge in [0.15, 0.2) is 0 Å². The number of thiocarbonyl (C=S) groups is 1. The lowest BCUT2D eigenvalue weighted by atomic mass is 10.0. The molecule has 0 aromatic heterocycles. The van der Waals surface area contributed by atoms with Gasteiger partial charge in [-0.1, -0.05) is 52.0 Å². The summed E-state index contributed by atoms with van der Waals surface area (Å²) in [6.45, 7) is 8.68. The van der Waals surface area contributed by atoms with Gasteiger partial charge in [-0.3, -0.25) is 4.79 Å². The molecule has 1 saturated carbocycles. The predicted molar refractivity (Wildman–Crippen MR) is 81.1 cm³/mol. The fourth-order valence-electron chi connectivity index (χ4n) is 2.59. The van der Waals surface area contributed by atoms with Gasteiger partial charge in [0, 0.05) is 17.2 Å². The van der Waals surface area contributed by atoms with Crippen molar-refractivity contribution in [3.63, 3.8) is 0 Å². The summed E-state index contributed by atoms with van der Waals surface area (Å²) in [5, 5.41) is 3.09. The summed E-state index contributed by atoms with van der Waals surface area (Å²) in [4.78, 5) is 12.6. The van der Waals surface area contributed by atoms with Crippen molar-refractivity contribution in [1.29, 1.82) is 0 Å². The minimum absolute atomic E-state index is 0.0678. The Labute approximate surface area is 119 Å². The maximum atomic E-state index is 12.3. The molecule has 0 aliphatic heterocycles. The zero-order valence-electron chi connectivity index (χ0n) is 11.8. The number of rotatable bonds is 3. The number of amides is 1. The number of carbonyl (C=O) groups excluding carboxylic acids is 1. The van der Waals surface area contributed by atoms with E-state index in [2.05, 4.69) is 33.0 Å². The fourth-order valence-corrected chi connectivity index (χ4v) is 2.71. The molecule has 1 fully saturated rings. The zero-order chi connectivity index (χ0) is 14.4. The third kappa shape index (κ3) is 2.25. The highest BCUT2D eigenvalue weighted by molar-refractivity contribution is 7.80. The lowest BCUT2D eigenvalue weighted by Crippen LogP contribution is -2.30. The van der Waals surface area contributed by atoms with Gasteiger partial charge in [-0.25, -0.2) is 0 Å². The van der Waals surface area contributed by atoms with Crippen LogP contribution in [0.1, 0.15) is 43.6 Å². The van der Waals surface area contributed by atoms with E-state index >= 15 is 0 Å². The van der Waals surface area contributed by atoms with E-state index in [9.17, 15) is 4.79 Å². The summed E-state index contributed by atoms with van der Waals surface area (Å²) >= 11 is 4.93. The molecule has 0 bridgehead atoms. The highest BCUT2D eigenvalue weighted by atomic mass is 32.1. The molecule has 102 valence electrons. The highest BCUT2D eigenvalue weighted by Gasteiger charge is 2.65. The number of benzene rings is 1. The van der Waals surface area contributed by atoms with E-state index in [1.807, 2.05) is 6.07 Å². The number of hydrogen-bond donors (Lipinski definition) is 2. The summed E-state index contributed by atoms with van der Waals surface area (Å²) in [6.07, 6.45) is 0. The molecule has 0 saturated heterocycles. The molecule has 0 atom stereocenters. The zero-order valence-corrected chi connectivity index (χ0v) is 12.6. The van der Waals surface area contributed by atoms with Crippen LogP contribution >= 0.6 is 12.2 Å². The van der Waals surface area contributed by atoms with Crippen molar-refractivity contribution in [3.8, 4) is 0 Å². The Morgan fingerprint density at radius 2 is 1.74 bits per heavy atom. The lowest BCUT2D eigenvalue weighted by molar-refractivity contribution is 0.0943. The third-order valence-electron chi connectivity index (χ3n) is 4.71. The Hall–Kier alpha value is -1.42. The Kier molecular flexibility index (Phi) is 3.17. The van der Waals surface area contributed by atoms with Crippen LogP contribution in [0.15, 0.2) is 24.3 Å². The second kappa shape index (κ2) is 4.30. The van der Waals surface area contributed by atoms with Crippen LogP contribution in [0.4, 0.5) is 0 Å². The average molecular weight is 276 g/mol. The average Bonchev–Trinajstić information content (AvgIpc) is 2.71. The van der Waals surface area contributed by atoms with Crippen LogP contribution in [0.3, 0.4) is 0 Å². The number of hydrogen-bond acceptors (Lipinski definition) is 2. The van der Waals surface area contributed by atoms with Crippen LogP contribution in [0, 0.1) is 10.8 Å². The molecule has 1 aliphatic rings. The largest absolute Gasteiger partial charge is 0.389 e. The smallest absolute Gasteiger partial charge is 0.251 e. The van der Waals surface area contributed by atoms with Crippen molar-refractivity contribution in [2.75, 3.05) is 0 Å². The minimum atomic E-state index is -0.0678. The summed E-state index contributed by atoms with van der Waals surface area (Å²) in [6, 6.07) is 7.32. The quantitative estimate of drug-likeness (QED) is 0.834. The predicted octanol–water partition coefficient (Wildman–Crippen LogP) is 2.49. The number of nitrogens with two attached hydrogens (primary N) is 1. The SMILES string of the molecule is CC1(C)C(NC(=O)c2cccc(C(N)=S)c2)C1(C)C. The number of nitrogens with one attached hydrogen (secondary N) is 1. The van der Waals surface area contributed by atoms with E-state index in [1.54, 1.807) is 18.2 Å². The first-order valence-corrected chi connectivity index (χ1v) is 6.79. The van der Waals surface area contributed by atoms with Crippen molar-refractivity contribution in [2.24, 2.45) is 16.6 Å². The fraction of sp³-hybridized carbons (Fsp3) is 0.467. The van der Waals surface area contributed by atoms with Gasteiger partial charge in [-0.2, -0.15) is 0 Å². The molecule has 19 heavy (non-hydrogen) atoms. The molecule has 0 heterocycles. The van der Waals surface area contributed by atoms with E-state index in [1.165, 1.54) is 0 Å². The van der Waals surface area contributed by atoms with E-state index in [4.69, 9.17) is 18.0 Å². The molecule has 4 heteroatoms. The Morgan fingerprint density at radius 3 is 2.21 bits per heavy atom. The van der Waals surface area contributed by atoms with Gasteiger partial charge in [0.25, 0.3) is 5.91 Å². The van der Waals surface area contributed by atoms with Gasteiger partial charge >= 0.3 is 0 Å². The maximum Gasteiger partial charge on any atom is 0.251 e. The molecule has 1 aromatic carbocycles. The molecule has 1 amide bonds. The van der Waals surface area contributed by atoms with E-state index in [0.717, 1.165) is 5.56 Å². The first kappa shape index (κ1) is 14.0. The van der Waals surface area contributed by atoms with Crippen LogP contribution in [-0.4, -0.2) is 16.9 Å². The third-order valence-corrected chi connectivity index (χ3v) is 4.94. The molecule has 3 nitrogen and oxygen atoms in total. The second-order valence-electron chi connectivity index (χ2n) is 6.29. The topological polar surface area (TPSA) is 55.1 Å². The van der Waals surface area contributed by atoms with Crippen LogP contribution < -0.4 is 11.1 Å². The van der Waals surface area contributed by atoms with Crippen molar-refractivity contribution in [2.45, 2.75) is 33.7 Å². The van der Waals surface area contributed by atoms with E-state index < -0.39 is 0 Å². The lowest BCUT2D eigenvalue weighted by Gasteiger charge is -2.08. The Morgan fingerprint density at radius 1 is 1.21 bits per heavy atom. The first-order valence-electron chi connectivity index (χ1n) is 6.38. The van der Waals surface area contributed by atoms with Gasteiger partial charge in [-0.05, 0) is 23.0 Å². The van der Waals surface area contributed by atoms with Gasteiger partial charge in [0.1, 0.15) is 4.99 Å². The van der Waals surface area contributed by atoms with Crippen LogP contribution in [0.2, 0.25) is 0 Å². The molecule has 1 aliphatic carbocycles. The molecule has 0 unspecified atom stereocenters. The highest BCUT2D eigenvalue weighted by Crippen LogP contribution is 2.62. The van der Waals surface area contributed by atoms with E-state index in [-0.39, 0.29) is 22.8 Å². The number of carbonyl (C=O) groups is 1. The van der Waals surface area contributed by atoms with Crippen LogP contribution in [0.5, 0.6) is 0 Å². The standard InChI is InChI=1S/C15H20N2OS/c1-14(2)13(15(14,3)4)17-12(18)10-7-5-6-9(8-10)11(16)19/h5-8,13H,1-4H3,(H2,16,19)(H,17,18). The van der Waals surface area contributed by atoms with Crippen LogP contribution in [0.25, 0.3) is 0 Å². The molecular formula is C15H20N2OS. The Bertz CT molecular complexity index is 535. The maximum absolute atomic E-state index is 12.3. The molecule has 0 radical (unpaired) electrons. The normalized spacial score (nSPS) is 19.8. The van der Waals surface area contributed by atoms with Crippen molar-refractivity contribution in [3.05, 3.63) is 35.4 Å². The van der Waals surface area contributed by atoms with Crippen molar-refractivity contribution < 1.29 is 4.79 Å². The van der Waals surface area contributed by atoms with Gasteiger partial charge in [0.05, 0.1) is 0 Å². The van der Waals surface area contributed by atoms with Crippen LogP contribution in [-0.2, 0) is 0 Å². The second-order valence-corrected chi connectivity index (χ2v) is 6.73. The van der Waals surface area contributed by atoms with Gasteiger partial charge in [0.2, 0.25) is 0 Å². The van der Waals surface area contributed by atoms with Crippen molar-refractivity contribution in [1.82, 2.24) is 5.32 Å². The first-order chi connectivity index (χ1) is 8.68. The Balaban J connectivity index is 2.14. The van der Waals surface area contributed by atoms with Crippen molar-refractivity contribution >= 4 is 23.1 Å². The van der Waals surface area contributed by atoms with E-state index in [0.29, 0.717) is 10.6 Å². The summed E-state index contributed by atoms with van der Waals surface area (Å²) in [5.74, 6) is -0.0678. The minimum Gasteiger partial charge on any atom is -0.389 e.